The van der Waals surface area contributed by atoms with E-state index in [0.29, 0.717) is 0 Å². The number of aromatic carboxylic acids is 1. The molecule has 5 nitrogen and oxygen atoms in total. The molecule has 1 heterocycles. The second kappa shape index (κ2) is 5.27. The van der Waals surface area contributed by atoms with Gasteiger partial charge in [-0.2, -0.15) is 0 Å². The lowest BCUT2D eigenvalue weighted by Gasteiger charge is -2.27. The summed E-state index contributed by atoms with van der Waals surface area (Å²) in [7, 11) is 0. The molecule has 0 aromatic carbocycles. The van der Waals surface area contributed by atoms with Crippen molar-refractivity contribution in [2.75, 3.05) is 0 Å². The summed E-state index contributed by atoms with van der Waals surface area (Å²) in [5.41, 5.74) is -0.360. The number of rotatable bonds is 5. The average Bonchev–Trinajstić information content (AvgIpc) is 2.78. The number of carboxylic acid groups (broad SMARTS) is 1. The molecular formula is C11H16N2O3S. The molecule has 1 rings (SSSR count). The van der Waals surface area contributed by atoms with E-state index >= 15 is 0 Å². The quantitative estimate of drug-likeness (QED) is 0.846. The fourth-order valence-corrected chi connectivity index (χ4v) is 1.92. The number of carbonyl (C=O) groups excluding carboxylic acids is 1. The molecule has 0 aliphatic carbocycles. The molecule has 6 heteroatoms. The van der Waals surface area contributed by atoms with Gasteiger partial charge in [0.1, 0.15) is 0 Å². The standard InChI is InChI=1S/C11H16N2O3S/c1-4-11(3,5-2)13-8(14)9-12-7(6-17-9)10(15)16/h6H,4-5H2,1-3H3,(H,13,14)(H,15,16). The Bertz CT molecular complexity index is 424. The number of aromatic nitrogens is 1. The first-order valence-corrected chi connectivity index (χ1v) is 6.31. The van der Waals surface area contributed by atoms with Crippen molar-refractivity contribution >= 4 is 23.2 Å². The summed E-state index contributed by atoms with van der Waals surface area (Å²) in [5, 5.41) is 13.2. The van der Waals surface area contributed by atoms with Gasteiger partial charge < -0.3 is 10.4 Å². The third kappa shape index (κ3) is 3.26. The first-order valence-electron chi connectivity index (χ1n) is 5.43. The summed E-state index contributed by atoms with van der Waals surface area (Å²) in [5.74, 6) is -1.43. The van der Waals surface area contributed by atoms with Crippen molar-refractivity contribution in [1.29, 1.82) is 0 Å². The molecule has 0 spiro atoms. The maximum absolute atomic E-state index is 11.9. The Kier molecular flexibility index (Phi) is 4.22. The van der Waals surface area contributed by atoms with Gasteiger partial charge in [0.2, 0.25) is 0 Å². The molecule has 0 saturated heterocycles. The highest BCUT2D eigenvalue weighted by molar-refractivity contribution is 7.11. The van der Waals surface area contributed by atoms with Crippen molar-refractivity contribution in [1.82, 2.24) is 10.3 Å². The second-order valence-corrected chi connectivity index (χ2v) is 4.92. The lowest BCUT2D eigenvalue weighted by Crippen LogP contribution is -2.44. The number of nitrogens with zero attached hydrogens (tertiary/aromatic N) is 1. The Morgan fingerprint density at radius 1 is 1.47 bits per heavy atom. The SMILES string of the molecule is CCC(C)(CC)NC(=O)c1nc(C(=O)O)cs1. The van der Waals surface area contributed by atoms with Gasteiger partial charge in [0.25, 0.3) is 5.91 Å². The highest BCUT2D eigenvalue weighted by Crippen LogP contribution is 2.16. The van der Waals surface area contributed by atoms with E-state index in [-0.39, 0.29) is 22.1 Å². The van der Waals surface area contributed by atoms with Crippen LogP contribution in [0.25, 0.3) is 0 Å². The number of thiazole rings is 1. The molecule has 17 heavy (non-hydrogen) atoms. The second-order valence-electron chi connectivity index (χ2n) is 4.06. The van der Waals surface area contributed by atoms with Gasteiger partial charge in [-0.3, -0.25) is 4.79 Å². The average molecular weight is 256 g/mol. The summed E-state index contributed by atoms with van der Waals surface area (Å²) >= 11 is 1.04. The number of hydrogen-bond acceptors (Lipinski definition) is 4. The van der Waals surface area contributed by atoms with Crippen molar-refractivity contribution in [2.24, 2.45) is 0 Å². The fraction of sp³-hybridized carbons (Fsp3) is 0.545. The van der Waals surface area contributed by atoms with Gasteiger partial charge in [0.15, 0.2) is 10.7 Å². The molecule has 1 aromatic rings. The predicted octanol–water partition coefficient (Wildman–Crippen LogP) is 2.15. The monoisotopic (exact) mass is 256 g/mol. The molecule has 1 aromatic heterocycles. The Hall–Kier alpha value is -1.43. The van der Waals surface area contributed by atoms with Gasteiger partial charge in [0, 0.05) is 10.9 Å². The van der Waals surface area contributed by atoms with Crippen LogP contribution in [0.3, 0.4) is 0 Å². The van der Waals surface area contributed by atoms with Crippen LogP contribution < -0.4 is 5.32 Å². The lowest BCUT2D eigenvalue weighted by atomic mass is 9.95. The zero-order valence-corrected chi connectivity index (χ0v) is 10.9. The molecule has 0 atom stereocenters. The van der Waals surface area contributed by atoms with Crippen LogP contribution in [0.2, 0.25) is 0 Å². The van der Waals surface area contributed by atoms with Gasteiger partial charge in [-0.15, -0.1) is 11.3 Å². The first-order chi connectivity index (χ1) is 7.91. The largest absolute Gasteiger partial charge is 0.476 e. The molecule has 0 unspecified atom stereocenters. The Labute approximate surface area is 104 Å². The van der Waals surface area contributed by atoms with Gasteiger partial charge >= 0.3 is 5.97 Å². The van der Waals surface area contributed by atoms with Crippen molar-refractivity contribution in [2.45, 2.75) is 39.2 Å². The van der Waals surface area contributed by atoms with E-state index in [1.165, 1.54) is 5.38 Å². The number of hydrogen-bond donors (Lipinski definition) is 2. The smallest absolute Gasteiger partial charge is 0.355 e. The minimum atomic E-state index is -1.12. The Balaban J connectivity index is 2.79. The first kappa shape index (κ1) is 13.6. The van der Waals surface area contributed by atoms with E-state index in [4.69, 9.17) is 5.11 Å². The predicted molar refractivity (Wildman–Crippen MR) is 65.5 cm³/mol. The van der Waals surface area contributed by atoms with Gasteiger partial charge in [0.05, 0.1) is 0 Å². The molecule has 0 fully saturated rings. The molecule has 0 radical (unpaired) electrons. The molecular weight excluding hydrogens is 240 g/mol. The Morgan fingerprint density at radius 3 is 2.47 bits per heavy atom. The van der Waals surface area contributed by atoms with Gasteiger partial charge in [-0.05, 0) is 19.8 Å². The van der Waals surface area contributed by atoms with E-state index in [1.807, 2.05) is 20.8 Å². The zero-order valence-electron chi connectivity index (χ0n) is 10.1. The zero-order chi connectivity index (χ0) is 13.1. The van der Waals surface area contributed by atoms with Crippen LogP contribution in [-0.4, -0.2) is 27.5 Å². The minimum Gasteiger partial charge on any atom is -0.476 e. The minimum absolute atomic E-state index is 0.0881. The summed E-state index contributed by atoms with van der Waals surface area (Å²) in [6, 6.07) is 0. The number of carboxylic acids is 1. The lowest BCUT2D eigenvalue weighted by molar-refractivity contribution is 0.0691. The van der Waals surface area contributed by atoms with Crippen LogP contribution in [0.4, 0.5) is 0 Å². The molecule has 1 amide bonds. The third-order valence-corrected chi connectivity index (χ3v) is 3.73. The summed E-state index contributed by atoms with van der Waals surface area (Å²) < 4.78 is 0. The molecule has 0 aliphatic heterocycles. The van der Waals surface area contributed by atoms with Crippen molar-refractivity contribution in [3.8, 4) is 0 Å². The Morgan fingerprint density at radius 2 is 2.06 bits per heavy atom. The van der Waals surface area contributed by atoms with Crippen LogP contribution in [0, 0.1) is 0 Å². The van der Waals surface area contributed by atoms with E-state index in [2.05, 4.69) is 10.3 Å². The normalized spacial score (nSPS) is 11.2. The summed E-state index contributed by atoms with van der Waals surface area (Å²) in [6.45, 7) is 5.94. The van der Waals surface area contributed by atoms with E-state index in [9.17, 15) is 9.59 Å². The topological polar surface area (TPSA) is 79.3 Å². The maximum atomic E-state index is 11.9. The van der Waals surface area contributed by atoms with Crippen molar-refractivity contribution < 1.29 is 14.7 Å². The van der Waals surface area contributed by atoms with E-state index < -0.39 is 5.97 Å². The number of nitrogens with one attached hydrogen (secondary N) is 1. The fourth-order valence-electron chi connectivity index (χ4n) is 1.23. The molecule has 0 aliphatic rings. The van der Waals surface area contributed by atoms with Crippen LogP contribution in [-0.2, 0) is 0 Å². The maximum Gasteiger partial charge on any atom is 0.355 e. The van der Waals surface area contributed by atoms with Crippen LogP contribution in [0.1, 0.15) is 53.9 Å². The summed E-state index contributed by atoms with van der Waals surface area (Å²) in [4.78, 5) is 26.3. The van der Waals surface area contributed by atoms with Crippen LogP contribution in [0.15, 0.2) is 5.38 Å². The van der Waals surface area contributed by atoms with Gasteiger partial charge in [-0.1, -0.05) is 13.8 Å². The summed E-state index contributed by atoms with van der Waals surface area (Å²) in [6.07, 6.45) is 1.62. The van der Waals surface area contributed by atoms with Crippen molar-refractivity contribution in [3.63, 3.8) is 0 Å². The number of carbonyl (C=O) groups is 2. The molecule has 94 valence electrons. The van der Waals surface area contributed by atoms with Gasteiger partial charge in [-0.25, -0.2) is 9.78 Å². The van der Waals surface area contributed by atoms with Crippen molar-refractivity contribution in [3.05, 3.63) is 16.1 Å². The molecule has 0 bridgehead atoms. The van der Waals surface area contributed by atoms with Crippen LogP contribution >= 0.6 is 11.3 Å². The third-order valence-electron chi connectivity index (χ3n) is 2.89. The highest BCUT2D eigenvalue weighted by Gasteiger charge is 2.24. The molecule has 0 saturated carbocycles. The van der Waals surface area contributed by atoms with E-state index in [0.717, 1.165) is 24.2 Å². The van der Waals surface area contributed by atoms with Crippen LogP contribution in [0.5, 0.6) is 0 Å². The van der Waals surface area contributed by atoms with E-state index in [1.54, 1.807) is 0 Å². The number of amides is 1. The molecule has 2 N–H and O–H groups in total. The highest BCUT2D eigenvalue weighted by atomic mass is 32.1.